The fourth-order valence-electron chi connectivity index (χ4n) is 5.12. The summed E-state index contributed by atoms with van der Waals surface area (Å²) in [6.45, 7) is 4.00. The Kier molecular flexibility index (Phi) is 7.73. The van der Waals surface area contributed by atoms with Crippen LogP contribution >= 0.6 is 11.6 Å². The summed E-state index contributed by atoms with van der Waals surface area (Å²) in [5.41, 5.74) is 3.93. The summed E-state index contributed by atoms with van der Waals surface area (Å²) in [7, 11) is 0. The largest absolute Gasteiger partial charge is 0.478 e. The predicted octanol–water partition coefficient (Wildman–Crippen LogP) is 6.39. The van der Waals surface area contributed by atoms with Crippen LogP contribution in [0.15, 0.2) is 77.6 Å². The Morgan fingerprint density at radius 1 is 1.19 bits per heavy atom. The van der Waals surface area contributed by atoms with E-state index in [1.165, 1.54) is 12.3 Å². The fourth-order valence-corrected chi connectivity index (χ4v) is 5.28. The van der Waals surface area contributed by atoms with Gasteiger partial charge in [0.1, 0.15) is 30.6 Å². The number of rotatable bonds is 9. The van der Waals surface area contributed by atoms with E-state index < -0.39 is 11.8 Å². The lowest BCUT2D eigenvalue weighted by Crippen LogP contribution is -2.30. The van der Waals surface area contributed by atoms with Crippen molar-refractivity contribution in [2.24, 2.45) is 0 Å². The van der Waals surface area contributed by atoms with Crippen LogP contribution in [0.5, 0.6) is 5.88 Å². The lowest BCUT2D eigenvalue weighted by atomic mass is 10.0. The molecule has 9 nitrogen and oxygen atoms in total. The van der Waals surface area contributed by atoms with Crippen molar-refractivity contribution in [2.75, 3.05) is 13.1 Å². The van der Waals surface area contributed by atoms with Crippen LogP contribution in [-0.2, 0) is 13.2 Å². The molecule has 0 radical (unpaired) electrons. The second kappa shape index (κ2) is 11.8. The van der Waals surface area contributed by atoms with Crippen LogP contribution in [0.2, 0.25) is 5.02 Å². The number of aromatic carboxylic acids is 1. The smallest absolute Gasteiger partial charge is 0.335 e. The molecule has 0 saturated carbocycles. The van der Waals surface area contributed by atoms with E-state index in [0.29, 0.717) is 46.5 Å². The maximum atomic E-state index is 14.1. The van der Waals surface area contributed by atoms with Gasteiger partial charge in [-0.25, -0.2) is 24.1 Å². The molecular formula is C31H27ClFN5O4. The minimum absolute atomic E-state index is 0.0488. The van der Waals surface area contributed by atoms with Gasteiger partial charge in [0.2, 0.25) is 11.8 Å². The van der Waals surface area contributed by atoms with E-state index >= 15 is 0 Å². The number of imidazole rings is 1. The Bertz CT molecular complexity index is 1790. The number of halogens is 2. The highest BCUT2D eigenvalue weighted by Gasteiger charge is 2.24. The zero-order valence-electron chi connectivity index (χ0n) is 22.7. The van der Waals surface area contributed by atoms with Crippen LogP contribution in [0.3, 0.4) is 0 Å². The molecular weight excluding hydrogens is 561 g/mol. The van der Waals surface area contributed by atoms with E-state index in [2.05, 4.69) is 20.9 Å². The van der Waals surface area contributed by atoms with Crippen LogP contribution in [0.25, 0.3) is 16.6 Å². The number of carbonyl (C=O) groups is 1. The Morgan fingerprint density at radius 3 is 2.81 bits per heavy atom. The van der Waals surface area contributed by atoms with Crippen LogP contribution in [-0.4, -0.2) is 48.6 Å². The molecule has 0 fully saturated rings. The summed E-state index contributed by atoms with van der Waals surface area (Å²) in [5, 5.41) is 9.89. The number of hydrogen-bond acceptors (Lipinski definition) is 7. The maximum Gasteiger partial charge on any atom is 0.335 e. The fraction of sp³-hybridized carbons (Fsp3) is 0.226. The number of hydrogen-bond donors (Lipinski definition) is 1. The summed E-state index contributed by atoms with van der Waals surface area (Å²) in [4.78, 5) is 27.8. The minimum atomic E-state index is -0.996. The maximum absolute atomic E-state index is 14.1. The first-order valence-electron chi connectivity index (χ1n) is 13.4. The Hall–Kier alpha value is -4.54. The number of ether oxygens (including phenoxy) is 1. The molecule has 42 heavy (non-hydrogen) atoms. The molecule has 0 saturated heterocycles. The third kappa shape index (κ3) is 5.77. The molecule has 5 aromatic rings. The summed E-state index contributed by atoms with van der Waals surface area (Å²) in [5.74, 6) is 0.311. The first kappa shape index (κ1) is 27.6. The molecule has 1 atom stereocenters. The number of carboxylic acid groups (broad SMARTS) is 1. The summed E-state index contributed by atoms with van der Waals surface area (Å²) < 4.78 is 27.5. The van der Waals surface area contributed by atoms with Crippen LogP contribution in [0.4, 0.5) is 4.39 Å². The Labute approximate surface area is 245 Å². The quantitative estimate of drug-likeness (QED) is 0.211. The monoisotopic (exact) mass is 587 g/mol. The van der Waals surface area contributed by atoms with E-state index in [1.54, 1.807) is 42.6 Å². The average Bonchev–Trinajstić information content (AvgIpc) is 3.65. The van der Waals surface area contributed by atoms with E-state index in [9.17, 15) is 14.3 Å². The number of carboxylic acids is 1. The van der Waals surface area contributed by atoms with Gasteiger partial charge in [0, 0.05) is 29.7 Å². The van der Waals surface area contributed by atoms with E-state index in [4.69, 9.17) is 25.7 Å². The number of nitrogens with zero attached hydrogens (tertiary/aromatic N) is 5. The average molecular weight is 588 g/mol. The highest BCUT2D eigenvalue weighted by molar-refractivity contribution is 6.30. The Balaban J connectivity index is 1.19. The molecule has 1 aliphatic heterocycles. The molecule has 0 amide bonds. The van der Waals surface area contributed by atoms with Crippen molar-refractivity contribution in [1.29, 1.82) is 0 Å². The van der Waals surface area contributed by atoms with Gasteiger partial charge in [-0.05, 0) is 55.3 Å². The summed E-state index contributed by atoms with van der Waals surface area (Å²) in [6, 6.07) is 14.7. The number of aromatic nitrogens is 4. The van der Waals surface area contributed by atoms with Gasteiger partial charge in [-0.15, -0.1) is 0 Å². The van der Waals surface area contributed by atoms with Gasteiger partial charge in [-0.3, -0.25) is 4.90 Å². The van der Waals surface area contributed by atoms with Crippen molar-refractivity contribution in [2.45, 2.75) is 32.5 Å². The van der Waals surface area contributed by atoms with Crippen molar-refractivity contribution in [3.8, 4) is 5.88 Å². The number of benzene rings is 2. The second-order valence-electron chi connectivity index (χ2n) is 10.1. The van der Waals surface area contributed by atoms with Crippen molar-refractivity contribution >= 4 is 34.2 Å². The number of oxazole rings is 1. The second-order valence-corrected chi connectivity index (χ2v) is 10.5. The van der Waals surface area contributed by atoms with E-state index in [0.717, 1.165) is 30.1 Å². The summed E-state index contributed by atoms with van der Waals surface area (Å²) >= 11 is 5.84. The SMILES string of the molecule is CC(c1ncco1)n1c(CN2CC=C(c3cccc(OCc4ccc(Cl)cc4F)n3)CC2)nc2ccc(C(=O)O)cc21. The lowest BCUT2D eigenvalue weighted by Gasteiger charge is -2.27. The lowest BCUT2D eigenvalue weighted by molar-refractivity contribution is 0.0697. The normalized spacial score (nSPS) is 14.6. The van der Waals surface area contributed by atoms with Gasteiger partial charge < -0.3 is 18.8 Å². The molecule has 0 spiro atoms. The van der Waals surface area contributed by atoms with Crippen LogP contribution in [0, 0.1) is 5.82 Å². The molecule has 3 aromatic heterocycles. The first-order valence-corrected chi connectivity index (χ1v) is 13.8. The van der Waals surface area contributed by atoms with Gasteiger partial charge in [-0.2, -0.15) is 0 Å². The van der Waals surface area contributed by atoms with Gasteiger partial charge >= 0.3 is 5.97 Å². The van der Waals surface area contributed by atoms with Crippen molar-refractivity contribution in [3.63, 3.8) is 0 Å². The molecule has 2 aromatic carbocycles. The molecule has 0 bridgehead atoms. The van der Waals surface area contributed by atoms with Crippen molar-refractivity contribution in [3.05, 3.63) is 113 Å². The standard InChI is InChI=1S/C31H27ClFN5O4/c1-19(30-34-11-14-41-30)38-27-15-21(31(39)40)6-8-26(27)35-28(38)17-37-12-9-20(10-13-37)25-3-2-4-29(36-25)42-18-22-5-7-23(32)16-24(22)33/h2-9,11,14-16,19H,10,12-13,17-18H2,1H3,(H,39,40). The number of fused-ring (bicyclic) bond motifs is 1. The molecule has 4 heterocycles. The molecule has 6 rings (SSSR count). The third-order valence-electron chi connectivity index (χ3n) is 7.31. The topological polar surface area (TPSA) is 107 Å². The highest BCUT2D eigenvalue weighted by Crippen LogP contribution is 2.29. The van der Waals surface area contributed by atoms with Gasteiger partial charge in [0.25, 0.3) is 0 Å². The van der Waals surface area contributed by atoms with Gasteiger partial charge in [0.15, 0.2) is 0 Å². The molecule has 1 N–H and O–H groups in total. The van der Waals surface area contributed by atoms with E-state index in [1.807, 2.05) is 23.6 Å². The van der Waals surface area contributed by atoms with Crippen LogP contribution < -0.4 is 4.74 Å². The van der Waals surface area contributed by atoms with E-state index in [-0.39, 0.29) is 18.2 Å². The summed E-state index contributed by atoms with van der Waals surface area (Å²) in [6.07, 6.45) is 6.02. The zero-order valence-corrected chi connectivity index (χ0v) is 23.5. The predicted molar refractivity (Wildman–Crippen MR) is 155 cm³/mol. The van der Waals surface area contributed by atoms with Crippen molar-refractivity contribution < 1.29 is 23.4 Å². The molecule has 1 unspecified atom stereocenters. The molecule has 11 heteroatoms. The highest BCUT2D eigenvalue weighted by atomic mass is 35.5. The van der Waals surface area contributed by atoms with Gasteiger partial charge in [-0.1, -0.05) is 29.8 Å². The minimum Gasteiger partial charge on any atom is -0.478 e. The van der Waals surface area contributed by atoms with Gasteiger partial charge in [0.05, 0.1) is 35.0 Å². The first-order chi connectivity index (χ1) is 20.4. The zero-order chi connectivity index (χ0) is 29.2. The molecule has 0 aliphatic carbocycles. The Morgan fingerprint density at radius 2 is 2.07 bits per heavy atom. The molecule has 1 aliphatic rings. The number of pyridine rings is 1. The molecule has 214 valence electrons. The third-order valence-corrected chi connectivity index (χ3v) is 7.54. The van der Waals surface area contributed by atoms with Crippen molar-refractivity contribution in [1.82, 2.24) is 24.4 Å². The van der Waals surface area contributed by atoms with Crippen LogP contribution in [0.1, 0.15) is 52.7 Å².